The summed E-state index contributed by atoms with van der Waals surface area (Å²) in [5.41, 5.74) is 1.46. The van der Waals surface area contributed by atoms with Gasteiger partial charge in [0.05, 0.1) is 20.4 Å². The second-order valence-electron chi connectivity index (χ2n) is 8.05. The molecule has 3 aromatic rings. The van der Waals surface area contributed by atoms with Crippen LogP contribution < -0.4 is 9.47 Å². The Morgan fingerprint density at radius 1 is 1.00 bits per heavy atom. The number of nitrogens with zero attached hydrogens (tertiary/aromatic N) is 3. The summed E-state index contributed by atoms with van der Waals surface area (Å²) in [5.74, 6) is 0.416. The zero-order chi connectivity index (χ0) is 24.1. The Hall–Kier alpha value is -2.95. The van der Waals surface area contributed by atoms with Gasteiger partial charge >= 0.3 is 0 Å². The van der Waals surface area contributed by atoms with Crippen molar-refractivity contribution < 1.29 is 27.0 Å². The first-order valence-electron chi connectivity index (χ1n) is 11.0. The highest BCUT2D eigenvalue weighted by molar-refractivity contribution is 7.89. The summed E-state index contributed by atoms with van der Waals surface area (Å²) in [7, 11) is -1.15. The van der Waals surface area contributed by atoms with Gasteiger partial charge in [-0.25, -0.2) is 17.5 Å². The van der Waals surface area contributed by atoms with Gasteiger partial charge in [-0.2, -0.15) is 9.40 Å². The molecular weight excluding hydrogens is 461 g/mol. The van der Waals surface area contributed by atoms with E-state index in [4.69, 9.17) is 14.2 Å². The van der Waals surface area contributed by atoms with E-state index in [2.05, 4.69) is 5.10 Å². The highest BCUT2D eigenvalue weighted by Gasteiger charge is 2.32. The second kappa shape index (κ2) is 10.5. The maximum Gasteiger partial charge on any atom is 0.266 e. The van der Waals surface area contributed by atoms with E-state index in [-0.39, 0.29) is 13.1 Å². The van der Waals surface area contributed by atoms with Gasteiger partial charge in [0.15, 0.2) is 5.82 Å². The highest BCUT2D eigenvalue weighted by atomic mass is 32.2. The summed E-state index contributed by atoms with van der Waals surface area (Å²) < 4.78 is 60.7. The molecule has 0 bridgehead atoms. The number of rotatable bonds is 9. The van der Waals surface area contributed by atoms with Crippen LogP contribution in [0.3, 0.4) is 0 Å². The van der Waals surface area contributed by atoms with Crippen molar-refractivity contribution in [3.8, 4) is 11.5 Å². The van der Waals surface area contributed by atoms with Crippen molar-refractivity contribution in [3.63, 3.8) is 0 Å². The smallest absolute Gasteiger partial charge is 0.266 e. The van der Waals surface area contributed by atoms with E-state index in [1.54, 1.807) is 62.8 Å². The molecule has 1 aliphatic rings. The molecule has 1 atom stereocenters. The third kappa shape index (κ3) is 5.40. The van der Waals surface area contributed by atoms with Crippen molar-refractivity contribution in [1.29, 1.82) is 0 Å². The molecule has 1 aromatic heterocycles. The first-order valence-corrected chi connectivity index (χ1v) is 12.5. The summed E-state index contributed by atoms with van der Waals surface area (Å²) in [6.45, 7) is 0.602. The van der Waals surface area contributed by atoms with Gasteiger partial charge < -0.3 is 14.2 Å². The molecule has 2 heterocycles. The first-order chi connectivity index (χ1) is 16.4. The number of halogens is 1. The molecule has 2 aromatic carbocycles. The predicted molar refractivity (Wildman–Crippen MR) is 123 cm³/mol. The number of aromatic nitrogens is 2. The van der Waals surface area contributed by atoms with Crippen LogP contribution in [-0.2, 0) is 27.8 Å². The lowest BCUT2D eigenvalue weighted by molar-refractivity contribution is -0.0402. The quantitative estimate of drug-likeness (QED) is 0.450. The summed E-state index contributed by atoms with van der Waals surface area (Å²) in [6.07, 6.45) is 3.12. The Labute approximate surface area is 198 Å². The van der Waals surface area contributed by atoms with E-state index in [9.17, 15) is 12.8 Å². The van der Waals surface area contributed by atoms with Gasteiger partial charge in [0.2, 0.25) is 5.03 Å². The molecule has 0 saturated carbocycles. The molecule has 1 saturated heterocycles. The zero-order valence-electron chi connectivity index (χ0n) is 19.2. The molecule has 1 aliphatic heterocycles. The Morgan fingerprint density at radius 3 is 2.03 bits per heavy atom. The van der Waals surface area contributed by atoms with Crippen LogP contribution in [-0.4, -0.2) is 43.3 Å². The standard InChI is InChI=1S/C24H28FN3O5S/c1-31-20-10-6-18(7-11-20)15-27(16-19-8-12-21(32-2)13-9-19)34(29,30)24-22(25)17-28(26-24)23-5-3-4-14-33-23/h6-13,17,23H,3-5,14-16H2,1-2H3. The fourth-order valence-corrected chi connectivity index (χ4v) is 5.20. The zero-order valence-corrected chi connectivity index (χ0v) is 20.0. The normalized spacial score (nSPS) is 16.5. The molecule has 10 heteroatoms. The molecule has 0 N–H and O–H groups in total. The lowest BCUT2D eigenvalue weighted by Gasteiger charge is -2.23. The van der Waals surface area contributed by atoms with Gasteiger partial charge in [-0.05, 0) is 54.7 Å². The minimum atomic E-state index is -4.27. The van der Waals surface area contributed by atoms with Crippen LogP contribution in [0.2, 0.25) is 0 Å². The number of hydrogen-bond acceptors (Lipinski definition) is 6. The second-order valence-corrected chi connectivity index (χ2v) is 9.91. The molecule has 0 spiro atoms. The van der Waals surface area contributed by atoms with Crippen LogP contribution in [0, 0.1) is 5.82 Å². The van der Waals surface area contributed by atoms with E-state index in [0.29, 0.717) is 24.5 Å². The van der Waals surface area contributed by atoms with Crippen molar-refractivity contribution in [2.45, 2.75) is 43.6 Å². The molecule has 34 heavy (non-hydrogen) atoms. The summed E-state index contributed by atoms with van der Waals surface area (Å²) in [5, 5.41) is 3.50. The van der Waals surface area contributed by atoms with Crippen molar-refractivity contribution in [1.82, 2.24) is 14.1 Å². The van der Waals surface area contributed by atoms with Crippen molar-refractivity contribution in [2.24, 2.45) is 0 Å². The van der Waals surface area contributed by atoms with E-state index in [1.807, 2.05) is 0 Å². The summed E-state index contributed by atoms with van der Waals surface area (Å²) in [4.78, 5) is 0. The van der Waals surface area contributed by atoms with E-state index < -0.39 is 27.1 Å². The number of hydrogen-bond donors (Lipinski definition) is 0. The van der Waals surface area contributed by atoms with Crippen LogP contribution in [0.1, 0.15) is 36.6 Å². The minimum absolute atomic E-state index is 0.0323. The topological polar surface area (TPSA) is 82.9 Å². The average Bonchev–Trinajstić information content (AvgIpc) is 3.27. The van der Waals surface area contributed by atoms with Crippen LogP contribution >= 0.6 is 0 Å². The van der Waals surface area contributed by atoms with Gasteiger partial charge in [-0.15, -0.1) is 0 Å². The molecule has 1 fully saturated rings. The Morgan fingerprint density at radius 2 is 1.56 bits per heavy atom. The molecule has 8 nitrogen and oxygen atoms in total. The van der Waals surface area contributed by atoms with Crippen molar-refractivity contribution >= 4 is 10.0 Å². The number of benzene rings is 2. The Bertz CT molecular complexity index is 1140. The van der Waals surface area contributed by atoms with Crippen LogP contribution in [0.5, 0.6) is 11.5 Å². The Balaban J connectivity index is 1.66. The molecule has 1 unspecified atom stereocenters. The third-order valence-corrected chi connectivity index (χ3v) is 7.43. The fourth-order valence-electron chi connectivity index (χ4n) is 3.82. The average molecular weight is 490 g/mol. The van der Waals surface area contributed by atoms with Gasteiger partial charge in [-0.1, -0.05) is 24.3 Å². The van der Waals surface area contributed by atoms with Crippen LogP contribution in [0.15, 0.2) is 59.8 Å². The number of ether oxygens (including phenoxy) is 3. The summed E-state index contributed by atoms with van der Waals surface area (Å²) >= 11 is 0. The lowest BCUT2D eigenvalue weighted by Crippen LogP contribution is -2.31. The molecule has 182 valence electrons. The van der Waals surface area contributed by atoms with Gasteiger partial charge in [0, 0.05) is 19.7 Å². The maximum atomic E-state index is 14.9. The van der Waals surface area contributed by atoms with E-state index >= 15 is 0 Å². The van der Waals surface area contributed by atoms with Crippen LogP contribution in [0.4, 0.5) is 4.39 Å². The highest BCUT2D eigenvalue weighted by Crippen LogP contribution is 2.27. The Kier molecular flexibility index (Phi) is 7.50. The van der Waals surface area contributed by atoms with Gasteiger partial charge in [-0.3, -0.25) is 0 Å². The lowest BCUT2D eigenvalue weighted by atomic mass is 10.2. The molecule has 0 amide bonds. The van der Waals surface area contributed by atoms with Gasteiger partial charge in [0.1, 0.15) is 17.7 Å². The SMILES string of the molecule is COc1ccc(CN(Cc2ccc(OC)cc2)S(=O)(=O)c2nn(C3CCCCO3)cc2F)cc1. The van der Waals surface area contributed by atoms with Crippen molar-refractivity contribution in [2.75, 3.05) is 20.8 Å². The minimum Gasteiger partial charge on any atom is -0.497 e. The molecular formula is C24H28FN3O5S. The molecule has 0 radical (unpaired) electrons. The first kappa shape index (κ1) is 24.2. The predicted octanol–water partition coefficient (Wildman–Crippen LogP) is 4.13. The van der Waals surface area contributed by atoms with E-state index in [0.717, 1.165) is 30.2 Å². The molecule has 4 rings (SSSR count). The number of methoxy groups -OCH3 is 2. The van der Waals surface area contributed by atoms with Crippen molar-refractivity contribution in [3.05, 3.63) is 71.7 Å². The maximum absolute atomic E-state index is 14.9. The molecule has 0 aliphatic carbocycles. The monoisotopic (exact) mass is 489 g/mol. The largest absolute Gasteiger partial charge is 0.497 e. The number of sulfonamides is 1. The van der Waals surface area contributed by atoms with E-state index in [1.165, 1.54) is 8.99 Å². The van der Waals surface area contributed by atoms with Gasteiger partial charge in [0.25, 0.3) is 10.0 Å². The fraction of sp³-hybridized carbons (Fsp3) is 0.375. The van der Waals surface area contributed by atoms with Crippen LogP contribution in [0.25, 0.3) is 0 Å². The third-order valence-electron chi connectivity index (χ3n) is 5.73. The summed E-state index contributed by atoms with van der Waals surface area (Å²) in [6, 6.07) is 14.1.